The van der Waals surface area contributed by atoms with Crippen LogP contribution in [0.4, 0.5) is 0 Å². The second-order valence-corrected chi connectivity index (χ2v) is 6.97. The standard InChI is InChI=1S/C13H13BrN2OS/c14-11-7-6-10(18-11)12-15-9-5-3-1-2-4-8(9)13(17)16-12/h6-7H,1-5H2,(H,15,16,17). The first-order chi connectivity index (χ1) is 8.74. The maximum atomic E-state index is 12.1. The molecule has 0 spiro atoms. The Balaban J connectivity index is 2.10. The van der Waals surface area contributed by atoms with Crippen molar-refractivity contribution in [2.24, 2.45) is 0 Å². The number of aromatic nitrogens is 2. The SMILES string of the molecule is O=c1[nH]c(-c2ccc(Br)s2)nc2c1CCCCC2. The number of hydrogen-bond acceptors (Lipinski definition) is 3. The lowest BCUT2D eigenvalue weighted by molar-refractivity contribution is 0.708. The van der Waals surface area contributed by atoms with Crippen LogP contribution < -0.4 is 5.56 Å². The van der Waals surface area contributed by atoms with Crippen LogP contribution in [-0.4, -0.2) is 9.97 Å². The summed E-state index contributed by atoms with van der Waals surface area (Å²) in [6, 6.07) is 3.96. The Morgan fingerprint density at radius 2 is 2.06 bits per heavy atom. The summed E-state index contributed by atoms with van der Waals surface area (Å²) in [5, 5.41) is 0. The number of H-pyrrole nitrogens is 1. The van der Waals surface area contributed by atoms with Crippen LogP contribution in [0.25, 0.3) is 10.7 Å². The summed E-state index contributed by atoms with van der Waals surface area (Å²) in [5.74, 6) is 0.705. The van der Waals surface area contributed by atoms with E-state index in [4.69, 9.17) is 0 Å². The number of nitrogens with zero attached hydrogens (tertiary/aromatic N) is 1. The van der Waals surface area contributed by atoms with E-state index < -0.39 is 0 Å². The van der Waals surface area contributed by atoms with Crippen molar-refractivity contribution < 1.29 is 0 Å². The normalized spacial score (nSPS) is 15.2. The minimum Gasteiger partial charge on any atom is -0.306 e. The van der Waals surface area contributed by atoms with Crippen molar-refractivity contribution in [1.29, 1.82) is 0 Å². The van der Waals surface area contributed by atoms with E-state index >= 15 is 0 Å². The molecule has 0 unspecified atom stereocenters. The van der Waals surface area contributed by atoms with Crippen LogP contribution in [-0.2, 0) is 12.8 Å². The minimum absolute atomic E-state index is 0.0430. The van der Waals surface area contributed by atoms with Gasteiger partial charge in [-0.25, -0.2) is 4.98 Å². The van der Waals surface area contributed by atoms with Crippen molar-refractivity contribution in [3.8, 4) is 10.7 Å². The van der Waals surface area contributed by atoms with E-state index in [9.17, 15) is 4.79 Å². The van der Waals surface area contributed by atoms with E-state index in [0.29, 0.717) is 5.82 Å². The zero-order chi connectivity index (χ0) is 12.5. The molecule has 0 atom stereocenters. The number of thiophene rings is 1. The van der Waals surface area contributed by atoms with Crippen molar-refractivity contribution in [2.75, 3.05) is 0 Å². The Hall–Kier alpha value is -0.940. The van der Waals surface area contributed by atoms with Gasteiger partial charge in [0.1, 0.15) is 0 Å². The van der Waals surface area contributed by atoms with Gasteiger partial charge in [-0.05, 0) is 53.7 Å². The average molecular weight is 325 g/mol. The van der Waals surface area contributed by atoms with Gasteiger partial charge in [-0.2, -0.15) is 0 Å². The van der Waals surface area contributed by atoms with Gasteiger partial charge in [-0.15, -0.1) is 11.3 Å². The lowest BCUT2D eigenvalue weighted by Crippen LogP contribution is -2.17. The van der Waals surface area contributed by atoms with Crippen LogP contribution >= 0.6 is 27.3 Å². The molecule has 0 aromatic carbocycles. The molecule has 0 amide bonds. The molecule has 5 heteroatoms. The second kappa shape index (κ2) is 4.97. The molecule has 0 fully saturated rings. The van der Waals surface area contributed by atoms with Gasteiger partial charge < -0.3 is 4.98 Å². The van der Waals surface area contributed by atoms with Gasteiger partial charge in [-0.1, -0.05) is 6.42 Å². The molecular weight excluding hydrogens is 312 g/mol. The third-order valence-electron chi connectivity index (χ3n) is 3.25. The number of rotatable bonds is 1. The van der Waals surface area contributed by atoms with Crippen molar-refractivity contribution in [1.82, 2.24) is 9.97 Å². The van der Waals surface area contributed by atoms with Gasteiger partial charge in [0.2, 0.25) is 0 Å². The molecule has 3 rings (SSSR count). The lowest BCUT2D eigenvalue weighted by Gasteiger charge is -2.05. The number of hydrogen-bond donors (Lipinski definition) is 1. The van der Waals surface area contributed by atoms with E-state index in [1.807, 2.05) is 12.1 Å². The summed E-state index contributed by atoms with van der Waals surface area (Å²) in [5.41, 5.74) is 1.93. The number of aryl methyl sites for hydroxylation is 1. The molecule has 0 radical (unpaired) electrons. The third kappa shape index (κ3) is 2.29. The molecule has 0 saturated heterocycles. The molecule has 0 saturated carbocycles. The second-order valence-electron chi connectivity index (χ2n) is 4.50. The highest BCUT2D eigenvalue weighted by molar-refractivity contribution is 9.11. The lowest BCUT2D eigenvalue weighted by atomic mass is 10.1. The minimum atomic E-state index is 0.0430. The Kier molecular flexibility index (Phi) is 3.35. The maximum Gasteiger partial charge on any atom is 0.254 e. The average Bonchev–Trinajstić information content (AvgIpc) is 2.63. The molecule has 0 aliphatic heterocycles. The van der Waals surface area contributed by atoms with Crippen LogP contribution in [0.1, 0.15) is 30.5 Å². The molecule has 1 aliphatic rings. The Bertz CT molecular complexity index is 632. The van der Waals surface area contributed by atoms with Crippen LogP contribution in [0.3, 0.4) is 0 Å². The van der Waals surface area contributed by atoms with Crippen LogP contribution in [0.15, 0.2) is 20.7 Å². The fourth-order valence-corrected chi connectivity index (χ4v) is 3.67. The Morgan fingerprint density at radius 3 is 2.83 bits per heavy atom. The molecule has 0 bridgehead atoms. The number of fused-ring (bicyclic) bond motifs is 1. The zero-order valence-electron chi connectivity index (χ0n) is 9.83. The van der Waals surface area contributed by atoms with Gasteiger partial charge in [-0.3, -0.25) is 4.79 Å². The molecule has 2 heterocycles. The first-order valence-electron chi connectivity index (χ1n) is 6.12. The van der Waals surface area contributed by atoms with Gasteiger partial charge in [0.25, 0.3) is 5.56 Å². The monoisotopic (exact) mass is 324 g/mol. The molecule has 3 nitrogen and oxygen atoms in total. The number of halogens is 1. The quantitative estimate of drug-likeness (QED) is 0.815. The summed E-state index contributed by atoms with van der Waals surface area (Å²) in [4.78, 5) is 20.7. The first-order valence-corrected chi connectivity index (χ1v) is 7.73. The van der Waals surface area contributed by atoms with E-state index in [-0.39, 0.29) is 5.56 Å². The fourth-order valence-electron chi connectivity index (χ4n) is 2.34. The van der Waals surface area contributed by atoms with E-state index in [1.54, 1.807) is 11.3 Å². The largest absolute Gasteiger partial charge is 0.306 e. The summed E-state index contributed by atoms with van der Waals surface area (Å²) < 4.78 is 1.05. The Morgan fingerprint density at radius 1 is 1.22 bits per heavy atom. The van der Waals surface area contributed by atoms with Crippen molar-refractivity contribution >= 4 is 27.3 Å². The van der Waals surface area contributed by atoms with Crippen LogP contribution in [0.2, 0.25) is 0 Å². The maximum absolute atomic E-state index is 12.1. The number of aromatic amines is 1. The van der Waals surface area contributed by atoms with Gasteiger partial charge in [0.15, 0.2) is 5.82 Å². The van der Waals surface area contributed by atoms with Crippen molar-refractivity contribution in [2.45, 2.75) is 32.1 Å². The predicted molar refractivity (Wildman–Crippen MR) is 77.1 cm³/mol. The Labute approximate surface area is 117 Å². The molecule has 2 aromatic rings. The summed E-state index contributed by atoms with van der Waals surface area (Å²) >= 11 is 5.02. The smallest absolute Gasteiger partial charge is 0.254 e. The van der Waals surface area contributed by atoms with Gasteiger partial charge in [0.05, 0.1) is 14.4 Å². The van der Waals surface area contributed by atoms with Crippen LogP contribution in [0.5, 0.6) is 0 Å². The van der Waals surface area contributed by atoms with E-state index in [1.165, 1.54) is 6.42 Å². The van der Waals surface area contributed by atoms with Gasteiger partial charge >= 0.3 is 0 Å². The molecule has 1 aliphatic carbocycles. The van der Waals surface area contributed by atoms with Gasteiger partial charge in [0, 0.05) is 5.56 Å². The highest BCUT2D eigenvalue weighted by Gasteiger charge is 2.15. The van der Waals surface area contributed by atoms with Crippen molar-refractivity contribution in [3.63, 3.8) is 0 Å². The summed E-state index contributed by atoms with van der Waals surface area (Å²) in [6.07, 6.45) is 5.22. The molecule has 2 aromatic heterocycles. The molecule has 1 N–H and O–H groups in total. The summed E-state index contributed by atoms with van der Waals surface area (Å²) in [6.45, 7) is 0. The fraction of sp³-hybridized carbons (Fsp3) is 0.385. The number of nitrogens with one attached hydrogen (secondary N) is 1. The van der Waals surface area contributed by atoms with E-state index in [2.05, 4.69) is 25.9 Å². The molecule has 18 heavy (non-hydrogen) atoms. The van der Waals surface area contributed by atoms with Crippen molar-refractivity contribution in [3.05, 3.63) is 37.5 Å². The highest BCUT2D eigenvalue weighted by atomic mass is 79.9. The third-order valence-corrected chi connectivity index (χ3v) is 4.88. The summed E-state index contributed by atoms with van der Waals surface area (Å²) in [7, 11) is 0. The predicted octanol–water partition coefficient (Wildman–Crippen LogP) is 3.53. The molecular formula is C13H13BrN2OS. The van der Waals surface area contributed by atoms with E-state index in [0.717, 1.165) is 45.6 Å². The zero-order valence-corrected chi connectivity index (χ0v) is 12.2. The topological polar surface area (TPSA) is 45.8 Å². The van der Waals surface area contributed by atoms with Crippen LogP contribution in [0, 0.1) is 0 Å². The molecule has 94 valence electrons. The highest BCUT2D eigenvalue weighted by Crippen LogP contribution is 2.29. The first kappa shape index (κ1) is 12.1.